The van der Waals surface area contributed by atoms with Gasteiger partial charge in [-0.15, -0.1) is 0 Å². The maximum Gasteiger partial charge on any atom is 0.196 e. The van der Waals surface area contributed by atoms with E-state index in [4.69, 9.17) is 4.99 Å². The molecule has 6 rings (SSSR count). The SMILES string of the molecule is CC1=NNC2c3ccc4c(c3N=C(c3ccccc3)N12)C(=O)c1ccccc1C4=O. The zero-order valence-electron chi connectivity index (χ0n) is 16.1. The second-order valence-corrected chi connectivity index (χ2v) is 7.49. The number of carbonyl (C=O) groups excluding carboxylic acids is 2. The summed E-state index contributed by atoms with van der Waals surface area (Å²) in [6, 6.07) is 20.4. The van der Waals surface area contributed by atoms with Crippen LogP contribution in [0.25, 0.3) is 0 Å². The molecule has 1 atom stereocenters. The van der Waals surface area contributed by atoms with Crippen molar-refractivity contribution in [2.24, 2.45) is 10.1 Å². The van der Waals surface area contributed by atoms with Crippen LogP contribution in [-0.4, -0.2) is 28.1 Å². The predicted octanol–water partition coefficient (Wildman–Crippen LogP) is 3.79. The van der Waals surface area contributed by atoms with Crippen LogP contribution in [0.4, 0.5) is 5.69 Å². The van der Waals surface area contributed by atoms with Crippen molar-refractivity contribution in [3.8, 4) is 0 Å². The summed E-state index contributed by atoms with van der Waals surface area (Å²) in [6.45, 7) is 1.92. The Balaban J connectivity index is 1.64. The number of benzene rings is 3. The summed E-state index contributed by atoms with van der Waals surface area (Å²) >= 11 is 0. The highest BCUT2D eigenvalue weighted by Gasteiger charge is 2.40. The highest BCUT2D eigenvalue weighted by atomic mass is 16.1. The Hall–Kier alpha value is -4.06. The minimum Gasteiger partial charge on any atom is -0.289 e. The molecule has 3 aromatic rings. The van der Waals surface area contributed by atoms with Gasteiger partial charge < -0.3 is 0 Å². The van der Waals surface area contributed by atoms with Gasteiger partial charge in [-0.2, -0.15) is 5.10 Å². The third-order valence-corrected chi connectivity index (χ3v) is 5.83. The van der Waals surface area contributed by atoms with Crippen LogP contribution in [0.2, 0.25) is 0 Å². The number of carbonyl (C=O) groups is 2. The molecule has 6 nitrogen and oxygen atoms in total. The smallest absolute Gasteiger partial charge is 0.196 e. The summed E-state index contributed by atoms with van der Waals surface area (Å²) in [5, 5.41) is 4.40. The van der Waals surface area contributed by atoms with Crippen molar-refractivity contribution in [1.29, 1.82) is 0 Å². The number of aliphatic imine (C=N–C) groups is 1. The molecule has 1 unspecified atom stereocenters. The van der Waals surface area contributed by atoms with Crippen molar-refractivity contribution in [3.05, 3.63) is 100 Å². The lowest BCUT2D eigenvalue weighted by Crippen LogP contribution is -2.40. The molecule has 0 amide bonds. The molecular weight excluding hydrogens is 376 g/mol. The van der Waals surface area contributed by atoms with E-state index >= 15 is 0 Å². The van der Waals surface area contributed by atoms with Crippen molar-refractivity contribution < 1.29 is 9.59 Å². The van der Waals surface area contributed by atoms with E-state index in [1.165, 1.54) is 0 Å². The average molecular weight is 392 g/mol. The quantitative estimate of drug-likeness (QED) is 0.535. The molecule has 30 heavy (non-hydrogen) atoms. The zero-order chi connectivity index (χ0) is 20.4. The van der Waals surface area contributed by atoms with Gasteiger partial charge in [-0.3, -0.25) is 19.9 Å². The van der Waals surface area contributed by atoms with Gasteiger partial charge in [0, 0.05) is 27.8 Å². The molecule has 1 aliphatic carbocycles. The monoisotopic (exact) mass is 392 g/mol. The number of hydrogen-bond donors (Lipinski definition) is 1. The normalized spacial score (nSPS) is 18.6. The van der Waals surface area contributed by atoms with E-state index in [0.29, 0.717) is 33.8 Å². The summed E-state index contributed by atoms with van der Waals surface area (Å²) in [6.07, 6.45) is -0.280. The first kappa shape index (κ1) is 16.9. The summed E-state index contributed by atoms with van der Waals surface area (Å²) in [5.74, 6) is 1.18. The standard InChI is InChI=1S/C24H16N4O2/c1-13-26-27-24-18-12-11-17-19(22(30)16-10-6-5-9-15(16)21(17)29)20(18)25-23(28(13)24)14-7-3-2-4-8-14/h2-12,24,27H,1H3. The second-order valence-electron chi connectivity index (χ2n) is 7.49. The van der Waals surface area contributed by atoms with Gasteiger partial charge in [0.15, 0.2) is 17.7 Å². The van der Waals surface area contributed by atoms with Crippen LogP contribution in [0.3, 0.4) is 0 Å². The van der Waals surface area contributed by atoms with Gasteiger partial charge in [0.2, 0.25) is 0 Å². The van der Waals surface area contributed by atoms with Gasteiger partial charge in [0.1, 0.15) is 11.7 Å². The van der Waals surface area contributed by atoms with E-state index < -0.39 is 0 Å². The molecule has 0 saturated heterocycles. The van der Waals surface area contributed by atoms with Crippen LogP contribution in [0, 0.1) is 0 Å². The molecule has 2 aliphatic heterocycles. The minimum absolute atomic E-state index is 0.145. The first-order chi connectivity index (χ1) is 14.6. The van der Waals surface area contributed by atoms with Crippen LogP contribution < -0.4 is 5.43 Å². The maximum atomic E-state index is 13.4. The summed E-state index contributed by atoms with van der Waals surface area (Å²) in [5.41, 5.74) is 7.08. The Bertz CT molecular complexity index is 1320. The number of rotatable bonds is 1. The Morgan fingerprint density at radius 1 is 0.833 bits per heavy atom. The Morgan fingerprint density at radius 3 is 2.30 bits per heavy atom. The third-order valence-electron chi connectivity index (χ3n) is 5.83. The van der Waals surface area contributed by atoms with E-state index in [1.54, 1.807) is 30.3 Å². The molecule has 3 aromatic carbocycles. The van der Waals surface area contributed by atoms with Crippen LogP contribution in [0.5, 0.6) is 0 Å². The number of hydrazone groups is 1. The summed E-state index contributed by atoms with van der Waals surface area (Å²) in [4.78, 5) is 33.5. The maximum absolute atomic E-state index is 13.4. The molecule has 6 heteroatoms. The molecule has 2 heterocycles. The molecule has 0 spiro atoms. The molecule has 144 valence electrons. The minimum atomic E-state index is -0.280. The Morgan fingerprint density at radius 2 is 1.53 bits per heavy atom. The number of nitrogens with zero attached hydrogens (tertiary/aromatic N) is 3. The van der Waals surface area contributed by atoms with Gasteiger partial charge in [0.05, 0.1) is 11.3 Å². The first-order valence-electron chi connectivity index (χ1n) is 9.73. The number of nitrogens with one attached hydrogen (secondary N) is 1. The van der Waals surface area contributed by atoms with E-state index in [-0.39, 0.29) is 17.7 Å². The molecular formula is C24H16N4O2. The van der Waals surface area contributed by atoms with Gasteiger partial charge in [-0.1, -0.05) is 60.7 Å². The lowest BCUT2D eigenvalue weighted by molar-refractivity contribution is 0.0979. The molecule has 1 N–H and O–H groups in total. The Kier molecular flexibility index (Phi) is 3.35. The second kappa shape index (κ2) is 5.97. The van der Waals surface area contributed by atoms with Crippen molar-refractivity contribution in [2.45, 2.75) is 13.1 Å². The van der Waals surface area contributed by atoms with Crippen molar-refractivity contribution in [3.63, 3.8) is 0 Å². The molecule has 3 aliphatic rings. The first-order valence-corrected chi connectivity index (χ1v) is 9.73. The molecule has 0 bridgehead atoms. The van der Waals surface area contributed by atoms with Crippen LogP contribution in [-0.2, 0) is 0 Å². The number of hydrogen-bond acceptors (Lipinski definition) is 6. The number of fused-ring (bicyclic) bond motifs is 6. The fourth-order valence-corrected chi connectivity index (χ4v) is 4.41. The highest BCUT2D eigenvalue weighted by Crippen LogP contribution is 2.43. The van der Waals surface area contributed by atoms with E-state index in [2.05, 4.69) is 10.5 Å². The molecule has 0 radical (unpaired) electrons. The zero-order valence-corrected chi connectivity index (χ0v) is 16.1. The van der Waals surface area contributed by atoms with Crippen LogP contribution >= 0.6 is 0 Å². The summed E-state index contributed by atoms with van der Waals surface area (Å²) < 4.78 is 0. The third kappa shape index (κ3) is 2.13. The molecule has 0 fully saturated rings. The summed E-state index contributed by atoms with van der Waals surface area (Å²) in [7, 11) is 0. The number of amidine groups is 2. The predicted molar refractivity (Wildman–Crippen MR) is 113 cm³/mol. The highest BCUT2D eigenvalue weighted by molar-refractivity contribution is 6.30. The van der Waals surface area contributed by atoms with E-state index in [1.807, 2.05) is 48.2 Å². The molecule has 0 saturated carbocycles. The average Bonchev–Trinajstić information content (AvgIpc) is 3.18. The van der Waals surface area contributed by atoms with Crippen molar-refractivity contribution >= 4 is 28.9 Å². The van der Waals surface area contributed by atoms with Crippen molar-refractivity contribution in [2.75, 3.05) is 0 Å². The van der Waals surface area contributed by atoms with Gasteiger partial charge in [0.25, 0.3) is 0 Å². The lowest BCUT2D eigenvalue weighted by atomic mass is 9.81. The number of ketones is 2. The van der Waals surface area contributed by atoms with Gasteiger partial charge in [-0.25, -0.2) is 4.99 Å². The fraction of sp³-hybridized carbons (Fsp3) is 0.0833. The van der Waals surface area contributed by atoms with Crippen LogP contribution in [0.15, 0.2) is 76.8 Å². The Labute approximate surface area is 172 Å². The van der Waals surface area contributed by atoms with E-state index in [9.17, 15) is 9.59 Å². The van der Waals surface area contributed by atoms with Gasteiger partial charge in [-0.05, 0) is 13.0 Å². The van der Waals surface area contributed by atoms with Crippen molar-refractivity contribution in [1.82, 2.24) is 10.3 Å². The lowest BCUT2D eigenvalue weighted by Gasteiger charge is -2.34. The van der Waals surface area contributed by atoms with E-state index in [0.717, 1.165) is 17.0 Å². The largest absolute Gasteiger partial charge is 0.289 e. The molecule has 0 aromatic heterocycles. The van der Waals surface area contributed by atoms with Gasteiger partial charge >= 0.3 is 0 Å². The topological polar surface area (TPSA) is 74.1 Å². The fourth-order valence-electron chi connectivity index (χ4n) is 4.41. The van der Waals surface area contributed by atoms with Crippen LogP contribution in [0.1, 0.15) is 56.1 Å².